The molecule has 0 saturated heterocycles. The number of para-hydroxylation sites is 1. The molecule has 4 rings (SSSR count). The molecule has 0 aliphatic heterocycles. The Kier molecular flexibility index (Phi) is 10.4. The van der Waals surface area contributed by atoms with Crippen LogP contribution in [0.2, 0.25) is 25.7 Å². The Morgan fingerprint density at radius 2 is 1.93 bits per heavy atom. The van der Waals surface area contributed by atoms with E-state index in [1.54, 1.807) is 4.68 Å². The van der Waals surface area contributed by atoms with E-state index in [0.29, 0.717) is 25.3 Å². The molecule has 1 aliphatic carbocycles. The lowest BCUT2D eigenvalue weighted by Crippen LogP contribution is -2.31. The number of aliphatic hydroxyl groups is 2. The fraction of sp³-hybridized carbons (Fsp3) is 0.375. The molecule has 3 aromatic rings. The van der Waals surface area contributed by atoms with Gasteiger partial charge in [0.2, 0.25) is 0 Å². The van der Waals surface area contributed by atoms with E-state index in [9.17, 15) is 5.11 Å². The van der Waals surface area contributed by atoms with Crippen molar-refractivity contribution in [2.24, 2.45) is 16.9 Å². The molecule has 1 heterocycles. The van der Waals surface area contributed by atoms with Crippen LogP contribution in [-0.4, -0.2) is 48.2 Å². The predicted molar refractivity (Wildman–Crippen MR) is 169 cm³/mol. The molecule has 0 amide bonds. The lowest BCUT2D eigenvalue weighted by molar-refractivity contribution is 0.0141. The molecular formula is C32H41N5O3Si. The van der Waals surface area contributed by atoms with E-state index in [4.69, 9.17) is 15.3 Å². The summed E-state index contributed by atoms with van der Waals surface area (Å²) in [5.74, 6) is 3.12. The third-order valence-electron chi connectivity index (χ3n) is 7.46. The second-order valence-electron chi connectivity index (χ2n) is 11.7. The molecule has 41 heavy (non-hydrogen) atoms. The van der Waals surface area contributed by atoms with Gasteiger partial charge in [0.05, 0.1) is 18.0 Å². The summed E-state index contributed by atoms with van der Waals surface area (Å²) in [4.78, 5) is 0. The number of nitrogens with one attached hydrogen (secondary N) is 3. The molecule has 0 bridgehead atoms. The SMILES string of the molecule is C[Si](C)(C)CCOCNc1cc(Nc2ccccc2[C@@H](O)C2CCC2CC#CO)ccc1C(=N)/C=N/n1cccc1. The minimum Gasteiger partial charge on any atom is -0.462 e. The summed E-state index contributed by atoms with van der Waals surface area (Å²) in [5, 5.41) is 40.0. The van der Waals surface area contributed by atoms with Gasteiger partial charge in [-0.25, -0.2) is 4.68 Å². The highest BCUT2D eigenvalue weighted by molar-refractivity contribution is 6.76. The van der Waals surface area contributed by atoms with Crippen molar-refractivity contribution in [1.82, 2.24) is 4.68 Å². The number of hydrogen-bond donors (Lipinski definition) is 5. The molecule has 1 fully saturated rings. The van der Waals surface area contributed by atoms with Crippen molar-refractivity contribution in [3.05, 3.63) is 78.1 Å². The molecule has 0 spiro atoms. The summed E-state index contributed by atoms with van der Waals surface area (Å²) < 4.78 is 7.55. The maximum Gasteiger partial charge on any atom is 0.116 e. The zero-order chi connectivity index (χ0) is 29.2. The number of aromatic nitrogens is 1. The van der Waals surface area contributed by atoms with Crippen LogP contribution in [0, 0.1) is 29.3 Å². The smallest absolute Gasteiger partial charge is 0.116 e. The predicted octanol–water partition coefficient (Wildman–Crippen LogP) is 6.64. The molecule has 2 aromatic carbocycles. The van der Waals surface area contributed by atoms with Crippen molar-refractivity contribution < 1.29 is 14.9 Å². The van der Waals surface area contributed by atoms with Gasteiger partial charge in [-0.1, -0.05) is 43.8 Å². The summed E-state index contributed by atoms with van der Waals surface area (Å²) in [6.45, 7) is 8.00. The zero-order valence-electron chi connectivity index (χ0n) is 24.1. The van der Waals surface area contributed by atoms with Crippen LogP contribution >= 0.6 is 0 Å². The van der Waals surface area contributed by atoms with Gasteiger partial charge in [-0.2, -0.15) is 5.10 Å². The van der Waals surface area contributed by atoms with Gasteiger partial charge < -0.3 is 25.6 Å². The van der Waals surface area contributed by atoms with E-state index >= 15 is 0 Å². The van der Waals surface area contributed by atoms with Crippen molar-refractivity contribution in [2.75, 3.05) is 24.0 Å². The van der Waals surface area contributed by atoms with E-state index < -0.39 is 14.2 Å². The van der Waals surface area contributed by atoms with Gasteiger partial charge in [-0.15, -0.1) is 0 Å². The Labute approximate surface area is 244 Å². The van der Waals surface area contributed by atoms with Crippen LogP contribution in [0.3, 0.4) is 0 Å². The van der Waals surface area contributed by atoms with Crippen molar-refractivity contribution in [2.45, 2.75) is 51.1 Å². The zero-order valence-corrected chi connectivity index (χ0v) is 25.1. The van der Waals surface area contributed by atoms with Crippen LogP contribution < -0.4 is 10.6 Å². The van der Waals surface area contributed by atoms with Gasteiger partial charge >= 0.3 is 0 Å². The molecule has 8 nitrogen and oxygen atoms in total. The third kappa shape index (κ3) is 8.57. The van der Waals surface area contributed by atoms with Crippen LogP contribution in [0.5, 0.6) is 0 Å². The summed E-state index contributed by atoms with van der Waals surface area (Å²) in [7, 11) is -1.19. The lowest BCUT2D eigenvalue weighted by Gasteiger charge is -2.39. The first kappa shape index (κ1) is 30.1. The Morgan fingerprint density at radius 3 is 2.63 bits per heavy atom. The van der Waals surface area contributed by atoms with Crippen LogP contribution in [0.1, 0.15) is 36.5 Å². The molecule has 1 aliphatic rings. The van der Waals surface area contributed by atoms with E-state index in [-0.39, 0.29) is 17.5 Å². The lowest BCUT2D eigenvalue weighted by atomic mass is 9.68. The highest BCUT2D eigenvalue weighted by Gasteiger charge is 2.37. The highest BCUT2D eigenvalue weighted by atomic mass is 28.3. The minimum atomic E-state index is -1.19. The second kappa shape index (κ2) is 14.2. The first-order valence-electron chi connectivity index (χ1n) is 14.1. The average Bonchev–Trinajstić information content (AvgIpc) is 3.45. The van der Waals surface area contributed by atoms with E-state index in [1.165, 1.54) is 6.21 Å². The van der Waals surface area contributed by atoms with Gasteiger partial charge in [0, 0.05) is 61.7 Å². The van der Waals surface area contributed by atoms with Crippen molar-refractivity contribution in [1.29, 1.82) is 5.41 Å². The average molecular weight is 572 g/mol. The number of aliphatic hydroxyl groups excluding tert-OH is 2. The third-order valence-corrected chi connectivity index (χ3v) is 9.17. The molecule has 9 heteroatoms. The van der Waals surface area contributed by atoms with Crippen LogP contribution in [0.4, 0.5) is 17.1 Å². The van der Waals surface area contributed by atoms with Gasteiger partial charge in [0.25, 0.3) is 0 Å². The van der Waals surface area contributed by atoms with E-state index in [0.717, 1.165) is 41.5 Å². The normalized spacial score (nSPS) is 17.4. The Hall–Kier alpha value is -3.84. The van der Waals surface area contributed by atoms with Crippen molar-refractivity contribution in [3.8, 4) is 12.0 Å². The van der Waals surface area contributed by atoms with Crippen LogP contribution in [0.25, 0.3) is 0 Å². The monoisotopic (exact) mass is 571 g/mol. The van der Waals surface area contributed by atoms with Crippen LogP contribution in [0.15, 0.2) is 72.1 Å². The number of benzene rings is 2. The van der Waals surface area contributed by atoms with Crippen molar-refractivity contribution in [3.63, 3.8) is 0 Å². The summed E-state index contributed by atoms with van der Waals surface area (Å²) in [6, 6.07) is 18.4. The second-order valence-corrected chi connectivity index (χ2v) is 17.3. The van der Waals surface area contributed by atoms with Gasteiger partial charge in [0.1, 0.15) is 12.8 Å². The fourth-order valence-corrected chi connectivity index (χ4v) is 5.63. The largest absolute Gasteiger partial charge is 0.462 e. The maximum atomic E-state index is 11.3. The minimum absolute atomic E-state index is 0.103. The molecule has 3 atom stereocenters. The molecule has 5 N–H and O–H groups in total. The Balaban J connectivity index is 1.52. The molecule has 1 aromatic heterocycles. The first-order chi connectivity index (χ1) is 19.7. The number of nitrogens with zero attached hydrogens (tertiary/aromatic N) is 2. The van der Waals surface area contributed by atoms with E-state index in [2.05, 4.69) is 41.3 Å². The van der Waals surface area contributed by atoms with Gasteiger partial charge in [0.15, 0.2) is 0 Å². The summed E-state index contributed by atoms with van der Waals surface area (Å²) in [6.07, 6.45) is 9.05. The molecule has 2 unspecified atom stereocenters. The number of hydrogen-bond acceptors (Lipinski definition) is 7. The molecule has 0 radical (unpaired) electrons. The van der Waals surface area contributed by atoms with Gasteiger partial charge in [-0.3, -0.25) is 5.41 Å². The molecule has 1 saturated carbocycles. The number of rotatable bonds is 14. The quantitative estimate of drug-likeness (QED) is 0.0489. The van der Waals surface area contributed by atoms with Crippen LogP contribution in [-0.2, 0) is 4.74 Å². The standard InChI is InChI=1S/C32H41N5O3Si/c1-41(2,3)20-19-40-23-34-31-21-25(13-15-27(31)29(33)22-35-37-16-6-7-17-37)36-30-11-5-4-10-28(30)32(39)26-14-12-24(26)9-8-18-38/h4-7,10-11,13,15-17,21-22,24,26,32-34,36,38-39H,9,12,14,19-20,23H2,1-3H3/b33-29?,35-22+/t24?,26?,32-/m0/s1. The number of ether oxygens (including phenoxy) is 1. The summed E-state index contributed by atoms with van der Waals surface area (Å²) in [5.41, 5.74) is 4.21. The van der Waals surface area contributed by atoms with E-state index in [1.807, 2.05) is 73.1 Å². The Morgan fingerprint density at radius 1 is 1.15 bits per heavy atom. The molecule has 216 valence electrons. The molecular weight excluding hydrogens is 530 g/mol. The maximum absolute atomic E-state index is 11.3. The fourth-order valence-electron chi connectivity index (χ4n) is 4.87. The van der Waals surface area contributed by atoms with Crippen molar-refractivity contribution >= 4 is 37.1 Å². The first-order valence-corrected chi connectivity index (χ1v) is 17.8. The topological polar surface area (TPSA) is 115 Å². The number of anilines is 3. The Bertz CT molecular complexity index is 1390. The summed E-state index contributed by atoms with van der Waals surface area (Å²) >= 11 is 0. The van der Waals surface area contributed by atoms with Gasteiger partial charge in [-0.05, 0) is 67.1 Å². The highest BCUT2D eigenvalue weighted by Crippen LogP contribution is 2.46.